The molecule has 0 N–H and O–H groups in total. The van der Waals surface area contributed by atoms with Gasteiger partial charge in [0, 0.05) is 12.1 Å². The maximum Gasteiger partial charge on any atom is 0.388 e. The first-order valence-corrected chi connectivity index (χ1v) is 9.21. The van der Waals surface area contributed by atoms with E-state index >= 15 is 0 Å². The Balaban J connectivity index is 1.74. The van der Waals surface area contributed by atoms with Crippen LogP contribution in [0.5, 0.6) is 5.88 Å². The fourth-order valence-electron chi connectivity index (χ4n) is 2.88. The Labute approximate surface area is 172 Å². The summed E-state index contributed by atoms with van der Waals surface area (Å²) < 4.78 is 72.4. The molecule has 1 aromatic carbocycles. The summed E-state index contributed by atoms with van der Waals surface area (Å²) in [5.74, 6) is -1.17. The van der Waals surface area contributed by atoms with Crippen LogP contribution in [0.2, 0.25) is 0 Å². The molecule has 2 aromatic heterocycles. The topological polar surface area (TPSA) is 79.1 Å². The zero-order valence-corrected chi connectivity index (χ0v) is 16.0. The standard InChI is InChI=1S/C19H17F5N4O3/c20-13-6-12-14(7-11(13)15-8-26-16(9-25-15)31-19(23)24)27-10-28(17(12)29)4-2-1-3-5-30-18(21)22/h6-10,18-19H,1-5H2. The second-order valence-corrected chi connectivity index (χ2v) is 6.40. The number of alkyl halides is 4. The summed E-state index contributed by atoms with van der Waals surface area (Å²) in [6, 6.07) is 2.34. The predicted molar refractivity (Wildman–Crippen MR) is 99.4 cm³/mol. The maximum atomic E-state index is 14.6. The van der Waals surface area contributed by atoms with Gasteiger partial charge in [-0.05, 0) is 31.4 Å². The van der Waals surface area contributed by atoms with Gasteiger partial charge in [0.1, 0.15) is 5.82 Å². The first-order chi connectivity index (χ1) is 14.8. The molecule has 0 spiro atoms. The van der Waals surface area contributed by atoms with Crippen LogP contribution in [-0.2, 0) is 11.3 Å². The van der Waals surface area contributed by atoms with Gasteiger partial charge in [0.05, 0.1) is 41.9 Å². The van der Waals surface area contributed by atoms with Crippen molar-refractivity contribution in [2.75, 3.05) is 6.61 Å². The first kappa shape index (κ1) is 22.5. The third-order valence-corrected chi connectivity index (χ3v) is 4.31. The van der Waals surface area contributed by atoms with E-state index in [0.717, 1.165) is 18.5 Å². The Bertz CT molecular complexity index is 1080. The van der Waals surface area contributed by atoms with Gasteiger partial charge in [-0.3, -0.25) is 9.36 Å². The van der Waals surface area contributed by atoms with Gasteiger partial charge in [0.15, 0.2) is 0 Å². The molecule has 0 aliphatic heterocycles. The van der Waals surface area contributed by atoms with E-state index in [2.05, 4.69) is 24.4 Å². The van der Waals surface area contributed by atoms with Crippen molar-refractivity contribution in [2.24, 2.45) is 0 Å². The van der Waals surface area contributed by atoms with E-state index < -0.39 is 30.5 Å². The van der Waals surface area contributed by atoms with Gasteiger partial charge in [-0.15, -0.1) is 0 Å². The highest BCUT2D eigenvalue weighted by Crippen LogP contribution is 2.25. The van der Waals surface area contributed by atoms with Gasteiger partial charge in [-0.2, -0.15) is 17.6 Å². The van der Waals surface area contributed by atoms with Crippen molar-refractivity contribution in [3.8, 4) is 17.1 Å². The molecule has 3 aromatic rings. The van der Waals surface area contributed by atoms with Gasteiger partial charge in [-0.1, -0.05) is 0 Å². The Kier molecular flexibility index (Phi) is 7.45. The van der Waals surface area contributed by atoms with Crippen molar-refractivity contribution in [1.82, 2.24) is 19.5 Å². The molecule has 3 rings (SSSR count). The molecule has 0 saturated carbocycles. The van der Waals surface area contributed by atoms with E-state index in [1.807, 2.05) is 0 Å². The van der Waals surface area contributed by atoms with Crippen LogP contribution in [0.3, 0.4) is 0 Å². The largest absolute Gasteiger partial charge is 0.415 e. The van der Waals surface area contributed by atoms with Gasteiger partial charge >= 0.3 is 13.2 Å². The average molecular weight is 444 g/mol. The van der Waals surface area contributed by atoms with Crippen molar-refractivity contribution in [2.45, 2.75) is 39.0 Å². The Morgan fingerprint density at radius 2 is 1.77 bits per heavy atom. The zero-order valence-electron chi connectivity index (χ0n) is 16.0. The van der Waals surface area contributed by atoms with Crippen LogP contribution in [0, 0.1) is 5.82 Å². The minimum Gasteiger partial charge on any atom is -0.415 e. The SMILES string of the molecule is O=c1c2cc(F)c(-c3cnc(OC(F)F)cn3)cc2ncn1CCCCCOC(F)F. The second kappa shape index (κ2) is 10.2. The van der Waals surface area contributed by atoms with Gasteiger partial charge in [0.25, 0.3) is 5.56 Å². The average Bonchev–Trinajstić information content (AvgIpc) is 2.72. The van der Waals surface area contributed by atoms with Gasteiger partial charge < -0.3 is 9.47 Å². The molecule has 0 bridgehead atoms. The Hall–Kier alpha value is -3.15. The second-order valence-electron chi connectivity index (χ2n) is 6.40. The molecule has 2 heterocycles. The molecule has 0 radical (unpaired) electrons. The molecule has 12 heteroatoms. The maximum absolute atomic E-state index is 14.6. The molecule has 0 atom stereocenters. The Morgan fingerprint density at radius 3 is 2.45 bits per heavy atom. The number of hydrogen-bond donors (Lipinski definition) is 0. The van der Waals surface area contributed by atoms with E-state index in [9.17, 15) is 26.7 Å². The molecule has 0 unspecified atom stereocenters. The number of hydrogen-bond acceptors (Lipinski definition) is 6. The number of benzene rings is 1. The summed E-state index contributed by atoms with van der Waals surface area (Å²) in [7, 11) is 0. The molecule has 0 amide bonds. The summed E-state index contributed by atoms with van der Waals surface area (Å²) >= 11 is 0. The fourth-order valence-corrected chi connectivity index (χ4v) is 2.88. The van der Waals surface area contributed by atoms with Crippen molar-refractivity contribution in [3.63, 3.8) is 0 Å². The summed E-state index contributed by atoms with van der Waals surface area (Å²) in [6.45, 7) is -5.65. The lowest BCUT2D eigenvalue weighted by atomic mass is 10.1. The number of aromatic nitrogens is 4. The van der Waals surface area contributed by atoms with Crippen molar-refractivity contribution in [1.29, 1.82) is 0 Å². The summed E-state index contributed by atoms with van der Waals surface area (Å²) in [6.07, 6.45) is 4.83. The molecule has 0 fully saturated rings. The van der Waals surface area contributed by atoms with Crippen LogP contribution >= 0.6 is 0 Å². The first-order valence-electron chi connectivity index (χ1n) is 9.21. The highest BCUT2D eigenvalue weighted by atomic mass is 19.3. The summed E-state index contributed by atoms with van der Waals surface area (Å²) in [4.78, 5) is 24.3. The van der Waals surface area contributed by atoms with Gasteiger partial charge in [0.2, 0.25) is 5.88 Å². The third kappa shape index (κ3) is 5.94. The third-order valence-electron chi connectivity index (χ3n) is 4.31. The van der Waals surface area contributed by atoms with E-state index in [-0.39, 0.29) is 35.3 Å². The minimum absolute atomic E-state index is 0.00715. The molecule has 166 valence electrons. The molecule has 0 aliphatic carbocycles. The smallest absolute Gasteiger partial charge is 0.388 e. The lowest BCUT2D eigenvalue weighted by Crippen LogP contribution is -2.21. The Morgan fingerprint density at radius 1 is 0.968 bits per heavy atom. The fraction of sp³-hybridized carbons (Fsp3) is 0.368. The minimum atomic E-state index is -3.06. The monoisotopic (exact) mass is 444 g/mol. The van der Waals surface area contributed by atoms with Crippen molar-refractivity contribution in [3.05, 3.63) is 47.0 Å². The highest BCUT2D eigenvalue weighted by molar-refractivity contribution is 5.83. The van der Waals surface area contributed by atoms with E-state index in [1.165, 1.54) is 17.0 Å². The quantitative estimate of drug-likeness (QED) is 0.347. The summed E-state index contributed by atoms with van der Waals surface area (Å²) in [5, 5.41) is 0.0513. The molecule has 0 aliphatic rings. The molecule has 7 nitrogen and oxygen atoms in total. The normalized spacial score (nSPS) is 11.6. The number of nitrogens with zero attached hydrogens (tertiary/aromatic N) is 4. The predicted octanol–water partition coefficient (Wildman–Crippen LogP) is 4.00. The van der Waals surface area contributed by atoms with Crippen LogP contribution in [0.25, 0.3) is 22.2 Å². The molecular formula is C19H17F5N4O3. The molecular weight excluding hydrogens is 427 g/mol. The number of fused-ring (bicyclic) bond motifs is 1. The highest BCUT2D eigenvalue weighted by Gasteiger charge is 2.14. The van der Waals surface area contributed by atoms with Crippen molar-refractivity contribution >= 4 is 10.9 Å². The number of halogens is 5. The van der Waals surface area contributed by atoms with Crippen LogP contribution in [0.1, 0.15) is 19.3 Å². The lowest BCUT2D eigenvalue weighted by Gasteiger charge is -2.09. The van der Waals surface area contributed by atoms with Crippen LogP contribution in [0.4, 0.5) is 22.0 Å². The number of rotatable bonds is 10. The zero-order chi connectivity index (χ0) is 22.4. The van der Waals surface area contributed by atoms with E-state index in [1.54, 1.807) is 0 Å². The lowest BCUT2D eigenvalue weighted by molar-refractivity contribution is -0.129. The van der Waals surface area contributed by atoms with E-state index in [0.29, 0.717) is 19.3 Å². The molecule has 31 heavy (non-hydrogen) atoms. The summed E-state index contributed by atoms with van der Waals surface area (Å²) in [5.41, 5.74) is -0.186. The van der Waals surface area contributed by atoms with Crippen LogP contribution < -0.4 is 10.3 Å². The van der Waals surface area contributed by atoms with E-state index in [4.69, 9.17) is 0 Å². The van der Waals surface area contributed by atoms with Crippen LogP contribution in [0.15, 0.2) is 35.6 Å². The van der Waals surface area contributed by atoms with Crippen molar-refractivity contribution < 1.29 is 31.4 Å². The number of aryl methyl sites for hydroxylation is 1. The number of unbranched alkanes of at least 4 members (excludes halogenated alkanes) is 2. The van der Waals surface area contributed by atoms with Gasteiger partial charge in [-0.25, -0.2) is 19.3 Å². The van der Waals surface area contributed by atoms with Crippen LogP contribution in [-0.4, -0.2) is 39.3 Å². The number of ether oxygens (including phenoxy) is 2. The molecule has 0 saturated heterocycles.